The lowest BCUT2D eigenvalue weighted by Crippen LogP contribution is -2.53. The summed E-state index contributed by atoms with van der Waals surface area (Å²) in [4.78, 5) is 5.40. The number of nitrogens with zero attached hydrogens (tertiary/aromatic N) is 2. The number of hydrogen-bond acceptors (Lipinski definition) is 3. The van der Waals surface area contributed by atoms with E-state index in [0.29, 0.717) is 12.1 Å². The van der Waals surface area contributed by atoms with Crippen LogP contribution >= 0.6 is 0 Å². The minimum absolute atomic E-state index is 0.538. The molecule has 2 atom stereocenters. The molecule has 3 nitrogen and oxygen atoms in total. The van der Waals surface area contributed by atoms with Crippen LogP contribution in [0.5, 0.6) is 0 Å². The SMILES string of the molecule is Cc1ccc(C(CN2CCCCC2)N2CCNCC2C)cc1. The fourth-order valence-electron chi connectivity index (χ4n) is 3.90. The number of rotatable bonds is 4. The molecule has 2 aliphatic rings. The van der Waals surface area contributed by atoms with Gasteiger partial charge in [-0.15, -0.1) is 0 Å². The summed E-state index contributed by atoms with van der Waals surface area (Å²) in [6.45, 7) is 11.7. The molecule has 2 heterocycles. The van der Waals surface area contributed by atoms with Crippen molar-refractivity contribution in [2.75, 3.05) is 39.3 Å². The zero-order valence-corrected chi connectivity index (χ0v) is 14.2. The minimum Gasteiger partial charge on any atom is -0.314 e. The van der Waals surface area contributed by atoms with E-state index >= 15 is 0 Å². The van der Waals surface area contributed by atoms with E-state index in [1.54, 1.807) is 0 Å². The summed E-state index contributed by atoms with van der Waals surface area (Å²) in [6, 6.07) is 10.4. The third-order valence-electron chi connectivity index (χ3n) is 5.29. The summed E-state index contributed by atoms with van der Waals surface area (Å²) in [7, 11) is 0. The Balaban J connectivity index is 1.78. The van der Waals surface area contributed by atoms with E-state index in [4.69, 9.17) is 0 Å². The van der Waals surface area contributed by atoms with Crippen LogP contribution < -0.4 is 5.32 Å². The van der Waals surface area contributed by atoms with Gasteiger partial charge in [0.15, 0.2) is 0 Å². The highest BCUT2D eigenvalue weighted by Gasteiger charge is 2.29. The second-order valence-corrected chi connectivity index (χ2v) is 7.08. The van der Waals surface area contributed by atoms with Gasteiger partial charge < -0.3 is 10.2 Å². The maximum atomic E-state index is 3.53. The number of piperidine rings is 1. The average Bonchev–Trinajstić information content (AvgIpc) is 2.55. The fourth-order valence-corrected chi connectivity index (χ4v) is 3.90. The van der Waals surface area contributed by atoms with Crippen LogP contribution in [-0.4, -0.2) is 55.1 Å². The molecule has 0 bridgehead atoms. The quantitative estimate of drug-likeness (QED) is 0.922. The molecule has 122 valence electrons. The van der Waals surface area contributed by atoms with Crippen molar-refractivity contribution in [2.24, 2.45) is 0 Å². The van der Waals surface area contributed by atoms with Crippen LogP contribution in [0.15, 0.2) is 24.3 Å². The molecule has 0 radical (unpaired) electrons. The molecule has 0 spiro atoms. The molecule has 3 rings (SSSR count). The molecule has 0 aliphatic carbocycles. The highest BCUT2D eigenvalue weighted by Crippen LogP contribution is 2.26. The van der Waals surface area contributed by atoms with Gasteiger partial charge in [0.1, 0.15) is 0 Å². The summed E-state index contributed by atoms with van der Waals surface area (Å²) < 4.78 is 0. The summed E-state index contributed by atoms with van der Waals surface area (Å²) >= 11 is 0. The van der Waals surface area contributed by atoms with E-state index in [1.165, 1.54) is 50.0 Å². The predicted molar refractivity (Wildman–Crippen MR) is 93.2 cm³/mol. The standard InChI is InChI=1S/C19H31N3/c1-16-6-8-18(9-7-16)19(15-21-11-4-3-5-12-21)22-13-10-20-14-17(22)2/h6-9,17,19-20H,3-5,10-15H2,1-2H3. The molecule has 1 N–H and O–H groups in total. The van der Waals surface area contributed by atoms with Crippen molar-refractivity contribution in [2.45, 2.75) is 45.2 Å². The number of piperazine rings is 1. The molecule has 0 saturated carbocycles. The lowest BCUT2D eigenvalue weighted by molar-refractivity contribution is 0.0780. The number of hydrogen-bond donors (Lipinski definition) is 1. The second-order valence-electron chi connectivity index (χ2n) is 7.08. The number of nitrogens with one attached hydrogen (secondary N) is 1. The van der Waals surface area contributed by atoms with Crippen molar-refractivity contribution in [3.8, 4) is 0 Å². The van der Waals surface area contributed by atoms with Crippen molar-refractivity contribution in [1.29, 1.82) is 0 Å². The van der Waals surface area contributed by atoms with E-state index in [2.05, 4.69) is 53.2 Å². The van der Waals surface area contributed by atoms with E-state index < -0.39 is 0 Å². The van der Waals surface area contributed by atoms with Gasteiger partial charge in [-0.25, -0.2) is 0 Å². The van der Waals surface area contributed by atoms with Crippen LogP contribution in [0.1, 0.15) is 43.4 Å². The molecular weight excluding hydrogens is 270 g/mol. The second kappa shape index (κ2) is 7.58. The van der Waals surface area contributed by atoms with Crippen molar-refractivity contribution in [3.63, 3.8) is 0 Å². The maximum Gasteiger partial charge on any atom is 0.0479 e. The Morgan fingerprint density at radius 3 is 2.50 bits per heavy atom. The van der Waals surface area contributed by atoms with E-state index in [9.17, 15) is 0 Å². The lowest BCUT2D eigenvalue weighted by atomic mass is 9.99. The van der Waals surface area contributed by atoms with Gasteiger partial charge in [0.2, 0.25) is 0 Å². The van der Waals surface area contributed by atoms with Gasteiger partial charge in [-0.2, -0.15) is 0 Å². The number of benzene rings is 1. The molecule has 22 heavy (non-hydrogen) atoms. The molecule has 2 aliphatic heterocycles. The topological polar surface area (TPSA) is 18.5 Å². The Morgan fingerprint density at radius 1 is 1.09 bits per heavy atom. The molecule has 3 heteroatoms. The molecule has 2 unspecified atom stereocenters. The molecule has 0 aromatic heterocycles. The van der Waals surface area contributed by atoms with E-state index in [-0.39, 0.29) is 0 Å². The van der Waals surface area contributed by atoms with Gasteiger partial charge in [0, 0.05) is 38.3 Å². The van der Waals surface area contributed by atoms with E-state index in [1.807, 2.05) is 0 Å². The number of aryl methyl sites for hydroxylation is 1. The Labute approximate surface area is 135 Å². The first-order valence-electron chi connectivity index (χ1n) is 8.99. The van der Waals surface area contributed by atoms with E-state index in [0.717, 1.165) is 19.6 Å². The van der Waals surface area contributed by atoms with Gasteiger partial charge in [-0.1, -0.05) is 36.2 Å². The van der Waals surface area contributed by atoms with Crippen molar-refractivity contribution in [3.05, 3.63) is 35.4 Å². The highest BCUT2D eigenvalue weighted by molar-refractivity contribution is 5.25. The smallest absolute Gasteiger partial charge is 0.0479 e. The largest absolute Gasteiger partial charge is 0.314 e. The summed E-state index contributed by atoms with van der Waals surface area (Å²) in [6.07, 6.45) is 4.16. The van der Waals surface area contributed by atoms with Crippen LogP contribution in [0.25, 0.3) is 0 Å². The first-order valence-corrected chi connectivity index (χ1v) is 8.99. The first-order chi connectivity index (χ1) is 10.7. The van der Waals surface area contributed by atoms with Gasteiger partial charge in [0.05, 0.1) is 0 Å². The molecular formula is C19H31N3. The van der Waals surface area contributed by atoms with Crippen LogP contribution in [0.3, 0.4) is 0 Å². The van der Waals surface area contributed by atoms with Crippen molar-refractivity contribution < 1.29 is 0 Å². The van der Waals surface area contributed by atoms with Gasteiger partial charge >= 0.3 is 0 Å². The summed E-state index contributed by atoms with van der Waals surface area (Å²) in [5, 5.41) is 3.53. The normalized spacial score (nSPS) is 26.0. The molecule has 0 amide bonds. The molecule has 2 fully saturated rings. The lowest BCUT2D eigenvalue weighted by Gasteiger charge is -2.42. The Morgan fingerprint density at radius 2 is 1.82 bits per heavy atom. The van der Waals surface area contributed by atoms with Crippen LogP contribution in [0, 0.1) is 6.92 Å². The minimum atomic E-state index is 0.538. The Bertz CT molecular complexity index is 450. The Hall–Kier alpha value is -0.900. The maximum absolute atomic E-state index is 3.53. The first kappa shape index (κ1) is 16.0. The van der Waals surface area contributed by atoms with Gasteiger partial charge in [-0.3, -0.25) is 4.90 Å². The van der Waals surface area contributed by atoms with Crippen LogP contribution in [0.4, 0.5) is 0 Å². The van der Waals surface area contributed by atoms with Crippen molar-refractivity contribution in [1.82, 2.24) is 15.1 Å². The summed E-state index contributed by atoms with van der Waals surface area (Å²) in [5.74, 6) is 0. The zero-order valence-electron chi connectivity index (χ0n) is 14.2. The van der Waals surface area contributed by atoms with Crippen LogP contribution in [0.2, 0.25) is 0 Å². The van der Waals surface area contributed by atoms with Gasteiger partial charge in [-0.05, 0) is 45.3 Å². The molecule has 2 saturated heterocycles. The average molecular weight is 301 g/mol. The fraction of sp³-hybridized carbons (Fsp3) is 0.684. The monoisotopic (exact) mass is 301 g/mol. The molecule has 1 aromatic carbocycles. The zero-order chi connectivity index (χ0) is 15.4. The predicted octanol–water partition coefficient (Wildman–Crippen LogP) is 2.82. The highest BCUT2D eigenvalue weighted by atomic mass is 15.3. The van der Waals surface area contributed by atoms with Crippen LogP contribution in [-0.2, 0) is 0 Å². The Kier molecular flexibility index (Phi) is 5.51. The van der Waals surface area contributed by atoms with Crippen molar-refractivity contribution >= 4 is 0 Å². The third-order valence-corrected chi connectivity index (χ3v) is 5.29. The molecule has 1 aromatic rings. The number of likely N-dealkylation sites (tertiary alicyclic amines) is 1. The van der Waals surface area contributed by atoms with Gasteiger partial charge in [0.25, 0.3) is 0 Å². The summed E-state index contributed by atoms with van der Waals surface area (Å²) in [5.41, 5.74) is 2.85. The third kappa shape index (κ3) is 3.89.